The van der Waals surface area contributed by atoms with E-state index in [0.717, 1.165) is 31.4 Å². The van der Waals surface area contributed by atoms with Crippen LogP contribution < -0.4 is 5.32 Å². The first kappa shape index (κ1) is 22.8. The monoisotopic (exact) mass is 440 g/mol. The van der Waals surface area contributed by atoms with Gasteiger partial charge in [-0.15, -0.1) is 0 Å². The topological polar surface area (TPSA) is 73.0 Å². The summed E-state index contributed by atoms with van der Waals surface area (Å²) in [5, 5.41) is 3.03. The Morgan fingerprint density at radius 2 is 1.88 bits per heavy atom. The molecule has 3 saturated heterocycles. The largest absolute Gasteiger partial charge is 0.352 e. The molecule has 4 rings (SSSR count). The molecule has 1 N–H and O–H groups in total. The van der Waals surface area contributed by atoms with Crippen LogP contribution in [0.2, 0.25) is 0 Å². The minimum absolute atomic E-state index is 0.0397. The van der Waals surface area contributed by atoms with E-state index in [2.05, 4.69) is 17.1 Å². The number of fused-ring (bicyclic) bond motifs is 1. The highest BCUT2D eigenvalue weighted by Crippen LogP contribution is 2.25. The molecular formula is C25H36N4O3. The highest BCUT2D eigenvalue weighted by atomic mass is 16.2. The van der Waals surface area contributed by atoms with E-state index in [1.807, 2.05) is 12.1 Å². The lowest BCUT2D eigenvalue weighted by Gasteiger charge is -2.36. The Morgan fingerprint density at radius 1 is 1.06 bits per heavy atom. The van der Waals surface area contributed by atoms with Crippen LogP contribution in [0.4, 0.5) is 0 Å². The minimum Gasteiger partial charge on any atom is -0.352 e. The second kappa shape index (κ2) is 10.5. The summed E-state index contributed by atoms with van der Waals surface area (Å²) < 4.78 is 0. The Labute approximate surface area is 191 Å². The molecule has 7 heteroatoms. The van der Waals surface area contributed by atoms with Gasteiger partial charge in [-0.25, -0.2) is 0 Å². The molecule has 174 valence electrons. The number of benzene rings is 1. The van der Waals surface area contributed by atoms with Crippen LogP contribution in [0.5, 0.6) is 0 Å². The number of carbonyl (C=O) groups excluding carboxylic acids is 3. The molecule has 3 aliphatic heterocycles. The summed E-state index contributed by atoms with van der Waals surface area (Å²) in [6.45, 7) is 6.41. The van der Waals surface area contributed by atoms with Crippen molar-refractivity contribution in [3.05, 3.63) is 35.4 Å². The Balaban J connectivity index is 1.23. The molecule has 0 aliphatic carbocycles. The van der Waals surface area contributed by atoms with E-state index in [4.69, 9.17) is 0 Å². The maximum absolute atomic E-state index is 12.7. The van der Waals surface area contributed by atoms with Crippen LogP contribution in [0.3, 0.4) is 0 Å². The molecular weight excluding hydrogens is 404 g/mol. The second-order valence-electron chi connectivity index (χ2n) is 9.34. The molecule has 2 atom stereocenters. The molecule has 0 saturated carbocycles. The fourth-order valence-corrected chi connectivity index (χ4v) is 5.38. The van der Waals surface area contributed by atoms with Gasteiger partial charge >= 0.3 is 0 Å². The summed E-state index contributed by atoms with van der Waals surface area (Å²) in [6.07, 6.45) is 7.74. The van der Waals surface area contributed by atoms with Crippen molar-refractivity contribution in [3.63, 3.8) is 0 Å². The zero-order valence-electron chi connectivity index (χ0n) is 19.2. The van der Waals surface area contributed by atoms with Crippen molar-refractivity contribution in [2.75, 3.05) is 32.7 Å². The fourth-order valence-electron chi connectivity index (χ4n) is 5.38. The number of carbonyl (C=O) groups is 3. The summed E-state index contributed by atoms with van der Waals surface area (Å²) in [6, 6.07) is 7.80. The van der Waals surface area contributed by atoms with E-state index in [-0.39, 0.29) is 30.3 Å². The molecule has 0 unspecified atom stereocenters. The van der Waals surface area contributed by atoms with Crippen LogP contribution in [0, 0.1) is 0 Å². The van der Waals surface area contributed by atoms with Gasteiger partial charge in [-0.2, -0.15) is 0 Å². The molecule has 3 fully saturated rings. The molecule has 0 spiro atoms. The van der Waals surface area contributed by atoms with Gasteiger partial charge in [0, 0.05) is 37.8 Å². The summed E-state index contributed by atoms with van der Waals surface area (Å²) in [5.41, 5.74) is 1.56. The van der Waals surface area contributed by atoms with Gasteiger partial charge in [0.15, 0.2) is 0 Å². The van der Waals surface area contributed by atoms with E-state index >= 15 is 0 Å². The Hall–Kier alpha value is -2.41. The number of piperazine rings is 1. The highest BCUT2D eigenvalue weighted by Gasteiger charge is 2.41. The van der Waals surface area contributed by atoms with Crippen LogP contribution in [-0.4, -0.2) is 77.2 Å². The smallest absolute Gasteiger partial charge is 0.251 e. The third kappa shape index (κ3) is 5.14. The Morgan fingerprint density at radius 3 is 2.66 bits per heavy atom. The zero-order valence-corrected chi connectivity index (χ0v) is 19.2. The number of rotatable bonds is 8. The minimum atomic E-state index is -0.279. The van der Waals surface area contributed by atoms with Gasteiger partial charge in [0.1, 0.15) is 12.6 Å². The van der Waals surface area contributed by atoms with Gasteiger partial charge in [-0.1, -0.05) is 25.5 Å². The third-order valence-corrected chi connectivity index (χ3v) is 7.21. The summed E-state index contributed by atoms with van der Waals surface area (Å²) in [7, 11) is 0. The van der Waals surface area contributed by atoms with Gasteiger partial charge in [-0.05, 0) is 62.8 Å². The fraction of sp³-hybridized carbons (Fsp3) is 0.640. The van der Waals surface area contributed by atoms with Crippen LogP contribution in [0.25, 0.3) is 0 Å². The maximum Gasteiger partial charge on any atom is 0.251 e. The normalized spacial score (nSPS) is 24.0. The Bertz CT molecular complexity index is 825. The number of hydrogen-bond donors (Lipinski definition) is 1. The molecule has 0 radical (unpaired) electrons. The van der Waals surface area contributed by atoms with Crippen molar-refractivity contribution in [3.8, 4) is 0 Å². The summed E-state index contributed by atoms with van der Waals surface area (Å²) in [4.78, 5) is 43.4. The lowest BCUT2D eigenvalue weighted by molar-refractivity contribution is -0.154. The quantitative estimate of drug-likeness (QED) is 0.630. The van der Waals surface area contributed by atoms with Gasteiger partial charge in [0.2, 0.25) is 11.8 Å². The van der Waals surface area contributed by atoms with Crippen LogP contribution in [0.1, 0.15) is 67.8 Å². The predicted octanol–water partition coefficient (Wildman–Crippen LogP) is 2.40. The van der Waals surface area contributed by atoms with Crippen LogP contribution >= 0.6 is 0 Å². The highest BCUT2D eigenvalue weighted by molar-refractivity contribution is 5.95. The van der Waals surface area contributed by atoms with Crippen molar-refractivity contribution >= 4 is 17.7 Å². The second-order valence-corrected chi connectivity index (χ2v) is 9.34. The average Bonchev–Trinajstić information content (AvgIpc) is 3.32. The van der Waals surface area contributed by atoms with E-state index in [9.17, 15) is 14.4 Å². The first-order valence-electron chi connectivity index (χ1n) is 12.3. The van der Waals surface area contributed by atoms with E-state index in [0.29, 0.717) is 31.2 Å². The van der Waals surface area contributed by atoms with Crippen molar-refractivity contribution < 1.29 is 14.4 Å². The van der Waals surface area contributed by atoms with E-state index < -0.39 is 0 Å². The number of hydrogen-bond acceptors (Lipinski definition) is 4. The number of nitrogens with zero attached hydrogens (tertiary/aromatic N) is 3. The van der Waals surface area contributed by atoms with Crippen molar-refractivity contribution in [1.82, 2.24) is 20.0 Å². The van der Waals surface area contributed by atoms with Crippen molar-refractivity contribution in [2.24, 2.45) is 0 Å². The molecule has 0 bridgehead atoms. The number of amides is 3. The first-order valence-corrected chi connectivity index (χ1v) is 12.3. The lowest BCUT2D eigenvalue weighted by Crippen LogP contribution is -2.56. The molecule has 1 aromatic carbocycles. The standard InChI is InChI=1S/C25H36N4O3/c1-2-21-7-3-4-14-27(21)15-6-13-26-24(31)20-11-9-19(10-12-20)17-28-18-23(30)29-16-5-8-22(29)25(28)32/h9-12,21-22H,2-8,13-18H2,1H3,(H,26,31)/t21-,22+/m1/s1. The van der Waals surface area contributed by atoms with Crippen molar-refractivity contribution in [1.29, 1.82) is 0 Å². The van der Waals surface area contributed by atoms with Gasteiger partial charge < -0.3 is 20.0 Å². The van der Waals surface area contributed by atoms with Gasteiger partial charge in [0.05, 0.1) is 0 Å². The van der Waals surface area contributed by atoms with Crippen molar-refractivity contribution in [2.45, 2.75) is 70.5 Å². The van der Waals surface area contributed by atoms with E-state index in [1.165, 1.54) is 32.2 Å². The SMILES string of the molecule is CC[C@@H]1CCCCN1CCCNC(=O)c1ccc(CN2CC(=O)N3CCC[C@H]3C2=O)cc1. The molecule has 3 aliphatic rings. The first-order chi connectivity index (χ1) is 15.6. The number of piperidine rings is 1. The summed E-state index contributed by atoms with van der Waals surface area (Å²) in [5.74, 6) is 0.0221. The number of nitrogens with one attached hydrogen (secondary N) is 1. The molecule has 0 aromatic heterocycles. The Kier molecular flexibility index (Phi) is 7.45. The van der Waals surface area contributed by atoms with Gasteiger partial charge in [0.25, 0.3) is 5.91 Å². The lowest BCUT2D eigenvalue weighted by atomic mass is 10.00. The van der Waals surface area contributed by atoms with Crippen LogP contribution in [0.15, 0.2) is 24.3 Å². The molecule has 3 amide bonds. The predicted molar refractivity (Wildman–Crippen MR) is 123 cm³/mol. The molecule has 7 nitrogen and oxygen atoms in total. The zero-order chi connectivity index (χ0) is 22.5. The average molecular weight is 441 g/mol. The van der Waals surface area contributed by atoms with E-state index in [1.54, 1.807) is 21.9 Å². The molecule has 3 heterocycles. The summed E-state index contributed by atoms with van der Waals surface area (Å²) >= 11 is 0. The van der Waals surface area contributed by atoms with Gasteiger partial charge in [-0.3, -0.25) is 14.4 Å². The number of likely N-dealkylation sites (tertiary alicyclic amines) is 1. The van der Waals surface area contributed by atoms with Crippen LogP contribution in [-0.2, 0) is 16.1 Å². The maximum atomic E-state index is 12.7. The molecule has 32 heavy (non-hydrogen) atoms. The molecule has 1 aromatic rings. The third-order valence-electron chi connectivity index (χ3n) is 7.21.